The minimum absolute atomic E-state index is 0.598. The van der Waals surface area contributed by atoms with Crippen molar-refractivity contribution in [1.82, 2.24) is 0 Å². The number of hydrogen-bond donors (Lipinski definition) is 0. The summed E-state index contributed by atoms with van der Waals surface area (Å²) in [7, 11) is -2.91. The van der Waals surface area contributed by atoms with Gasteiger partial charge in [-0.05, 0) is 36.3 Å². The van der Waals surface area contributed by atoms with Gasteiger partial charge in [-0.3, -0.25) is 0 Å². The molecule has 110 valence electrons. The Morgan fingerprint density at radius 2 is 1.91 bits per heavy atom. The summed E-state index contributed by atoms with van der Waals surface area (Å²) in [5.41, 5.74) is 1.92. The Hall–Kier alpha value is -1.82. The van der Waals surface area contributed by atoms with Gasteiger partial charge in [0, 0.05) is 20.9 Å². The molecule has 0 radical (unpaired) electrons. The molecule has 0 amide bonds. The highest BCUT2D eigenvalue weighted by atomic mass is 35.5. The maximum Gasteiger partial charge on any atom is 0.172 e. The lowest BCUT2D eigenvalue weighted by Gasteiger charge is -2.19. The van der Waals surface area contributed by atoms with Crippen molar-refractivity contribution in [2.75, 3.05) is 0 Å². The summed E-state index contributed by atoms with van der Waals surface area (Å²) < 4.78 is 14.0. The van der Waals surface area contributed by atoms with Crippen molar-refractivity contribution in [2.24, 2.45) is 0 Å². The first-order valence-corrected chi connectivity index (χ1v) is 9.17. The van der Waals surface area contributed by atoms with Gasteiger partial charge in [0.1, 0.15) is 0 Å². The molecule has 0 saturated heterocycles. The van der Waals surface area contributed by atoms with Crippen LogP contribution in [0.15, 0.2) is 66.5 Å². The van der Waals surface area contributed by atoms with Crippen LogP contribution in [0, 0.1) is 0 Å². The topological polar surface area (TPSA) is 17.1 Å². The Balaban J connectivity index is 2.34. The molecule has 1 unspecified atom stereocenters. The number of hydrogen-bond acceptors (Lipinski definition) is 1. The number of halogens is 1. The lowest BCUT2D eigenvalue weighted by molar-refractivity contribution is 0.591. The monoisotopic (exact) mass is 326 g/mol. The van der Waals surface area contributed by atoms with Gasteiger partial charge in [-0.15, -0.1) is 0 Å². The molecule has 2 aromatic carbocycles. The molecule has 1 aliphatic rings. The van der Waals surface area contributed by atoms with Gasteiger partial charge in [0.15, 0.2) is 7.14 Å². The Bertz CT molecular complexity index is 861. The van der Waals surface area contributed by atoms with E-state index in [1.165, 1.54) is 0 Å². The molecular weight excluding hydrogens is 311 g/mol. The maximum atomic E-state index is 14.0. The van der Waals surface area contributed by atoms with Crippen LogP contribution in [0.3, 0.4) is 0 Å². The predicted octanol–water partition coefficient (Wildman–Crippen LogP) is 5.23. The first-order valence-electron chi connectivity index (χ1n) is 7.08. The van der Waals surface area contributed by atoms with Crippen LogP contribution in [0.5, 0.6) is 0 Å². The van der Waals surface area contributed by atoms with Gasteiger partial charge in [0.2, 0.25) is 0 Å². The highest BCUT2D eigenvalue weighted by Gasteiger charge is 2.37. The molecule has 0 fully saturated rings. The van der Waals surface area contributed by atoms with Crippen molar-refractivity contribution in [2.45, 2.75) is 6.92 Å². The molecule has 0 aromatic heterocycles. The zero-order chi connectivity index (χ0) is 15.7. The van der Waals surface area contributed by atoms with Crippen molar-refractivity contribution < 1.29 is 4.57 Å². The molecule has 3 rings (SSSR count). The standard InChI is InChI=1S/C19H16ClOP/c1-3-7-14-8-5-6-9-18(14)22(21)17(4-2)12-15-10-11-16(20)13-19(15)22/h3-13H,2H2,1H3/b7-3+. The third-order valence-corrected chi connectivity index (χ3v) is 7.26. The van der Waals surface area contributed by atoms with Crippen LogP contribution < -0.4 is 10.6 Å². The number of benzene rings is 2. The van der Waals surface area contributed by atoms with Gasteiger partial charge in [-0.1, -0.05) is 66.7 Å². The van der Waals surface area contributed by atoms with Crippen LogP contribution in [-0.4, -0.2) is 0 Å². The van der Waals surface area contributed by atoms with Crippen LogP contribution in [0.4, 0.5) is 0 Å². The zero-order valence-corrected chi connectivity index (χ0v) is 13.9. The van der Waals surface area contributed by atoms with Gasteiger partial charge in [-0.2, -0.15) is 0 Å². The van der Waals surface area contributed by atoms with Crippen molar-refractivity contribution in [3.63, 3.8) is 0 Å². The van der Waals surface area contributed by atoms with Crippen molar-refractivity contribution in [1.29, 1.82) is 0 Å². The third kappa shape index (κ3) is 2.22. The zero-order valence-electron chi connectivity index (χ0n) is 12.3. The van der Waals surface area contributed by atoms with Gasteiger partial charge in [0.05, 0.1) is 0 Å². The molecule has 1 nitrogen and oxygen atoms in total. The first kappa shape index (κ1) is 15.1. The molecule has 3 heteroatoms. The summed E-state index contributed by atoms with van der Waals surface area (Å²) in [6, 6.07) is 13.4. The van der Waals surface area contributed by atoms with E-state index < -0.39 is 7.14 Å². The Kier molecular flexibility index (Phi) is 3.95. The smallest absolute Gasteiger partial charge is 0.172 e. The molecule has 0 saturated carbocycles. The largest absolute Gasteiger partial charge is 0.309 e. The van der Waals surface area contributed by atoms with Crippen molar-refractivity contribution in [3.8, 4) is 0 Å². The summed E-state index contributed by atoms with van der Waals surface area (Å²) in [5, 5.41) is 3.00. The summed E-state index contributed by atoms with van der Waals surface area (Å²) in [4.78, 5) is 0. The molecule has 2 aromatic rings. The molecule has 1 aliphatic heterocycles. The summed E-state index contributed by atoms with van der Waals surface area (Å²) >= 11 is 6.15. The first-order chi connectivity index (χ1) is 10.6. The quantitative estimate of drug-likeness (QED) is 0.706. The second kappa shape index (κ2) is 5.76. The lowest BCUT2D eigenvalue weighted by atomic mass is 10.2. The minimum Gasteiger partial charge on any atom is -0.309 e. The van der Waals surface area contributed by atoms with Crippen molar-refractivity contribution in [3.05, 3.63) is 82.7 Å². The number of allylic oxidation sites excluding steroid dienone is 3. The van der Waals surface area contributed by atoms with E-state index in [1.807, 2.05) is 67.6 Å². The molecule has 1 atom stereocenters. The van der Waals surface area contributed by atoms with Crippen molar-refractivity contribution >= 4 is 41.5 Å². The molecule has 0 bridgehead atoms. The highest BCUT2D eigenvalue weighted by Crippen LogP contribution is 2.58. The van der Waals surface area contributed by atoms with E-state index in [2.05, 4.69) is 6.58 Å². The van der Waals surface area contributed by atoms with E-state index in [-0.39, 0.29) is 0 Å². The van der Waals surface area contributed by atoms with E-state index in [9.17, 15) is 4.57 Å². The Morgan fingerprint density at radius 1 is 1.14 bits per heavy atom. The Morgan fingerprint density at radius 3 is 2.64 bits per heavy atom. The summed E-state index contributed by atoms with van der Waals surface area (Å²) in [6.07, 6.45) is 7.59. The number of rotatable bonds is 3. The van der Waals surface area contributed by atoms with Crippen LogP contribution in [0.25, 0.3) is 12.2 Å². The fraction of sp³-hybridized carbons (Fsp3) is 0.0526. The second-order valence-corrected chi connectivity index (χ2v) is 8.28. The predicted molar refractivity (Wildman–Crippen MR) is 97.7 cm³/mol. The van der Waals surface area contributed by atoms with Crippen LogP contribution in [0.2, 0.25) is 5.02 Å². The van der Waals surface area contributed by atoms with Crippen LogP contribution >= 0.6 is 18.7 Å². The molecular formula is C19H16ClOP. The fourth-order valence-electron chi connectivity index (χ4n) is 2.85. The highest BCUT2D eigenvalue weighted by molar-refractivity contribution is 7.83. The summed E-state index contributed by atoms with van der Waals surface area (Å²) in [5.74, 6) is 0. The molecule has 0 spiro atoms. The van der Waals surface area contributed by atoms with E-state index in [0.717, 1.165) is 27.1 Å². The van der Waals surface area contributed by atoms with Gasteiger partial charge >= 0.3 is 0 Å². The maximum absolute atomic E-state index is 14.0. The second-order valence-electron chi connectivity index (χ2n) is 5.14. The van der Waals surface area contributed by atoms with E-state index in [0.29, 0.717) is 5.02 Å². The van der Waals surface area contributed by atoms with Gasteiger partial charge in [-0.25, -0.2) is 0 Å². The normalized spacial score (nSPS) is 20.0. The average molecular weight is 327 g/mol. The van der Waals surface area contributed by atoms with Crippen LogP contribution in [0.1, 0.15) is 18.1 Å². The lowest BCUT2D eigenvalue weighted by Crippen LogP contribution is -2.18. The fourth-order valence-corrected chi connectivity index (χ4v) is 6.13. The SMILES string of the molecule is C=CC1=Cc2ccc(Cl)cc2P1(=O)c1ccccc1/C=C/C. The Labute approximate surface area is 136 Å². The molecule has 1 heterocycles. The third-order valence-electron chi connectivity index (χ3n) is 3.83. The van der Waals surface area contributed by atoms with Gasteiger partial charge in [0.25, 0.3) is 0 Å². The molecule has 0 aliphatic carbocycles. The van der Waals surface area contributed by atoms with E-state index in [4.69, 9.17) is 11.6 Å². The van der Waals surface area contributed by atoms with E-state index in [1.54, 1.807) is 6.08 Å². The minimum atomic E-state index is -2.91. The van der Waals surface area contributed by atoms with Gasteiger partial charge < -0.3 is 4.57 Å². The molecule has 0 N–H and O–H groups in total. The summed E-state index contributed by atoms with van der Waals surface area (Å²) in [6.45, 7) is 5.81. The molecule has 22 heavy (non-hydrogen) atoms. The van der Waals surface area contributed by atoms with Crippen LogP contribution in [-0.2, 0) is 4.57 Å². The number of fused-ring (bicyclic) bond motifs is 1. The average Bonchev–Trinajstić information content (AvgIpc) is 2.81. The van der Waals surface area contributed by atoms with E-state index >= 15 is 0 Å².